The van der Waals surface area contributed by atoms with Crippen LogP contribution in [0, 0.1) is 0 Å². The summed E-state index contributed by atoms with van der Waals surface area (Å²) in [4.78, 5) is 33.1. The van der Waals surface area contributed by atoms with Crippen LogP contribution in [0.5, 0.6) is 5.75 Å². The van der Waals surface area contributed by atoms with E-state index in [1.165, 1.54) is 6.07 Å². The molecule has 3 aromatic rings. The first-order chi connectivity index (χ1) is 14.4. The number of nitrogens with zero attached hydrogens (tertiary/aromatic N) is 2. The number of ether oxygens (including phenoxy) is 1. The number of Topliss-reactive ketones (excluding diaryl/α,β-unsaturated/α-hetero) is 1. The van der Waals surface area contributed by atoms with E-state index in [0.717, 1.165) is 5.56 Å². The van der Waals surface area contributed by atoms with Crippen molar-refractivity contribution in [3.8, 4) is 5.75 Å². The van der Waals surface area contributed by atoms with Crippen LogP contribution in [0.3, 0.4) is 0 Å². The number of pyridine rings is 1. The summed E-state index contributed by atoms with van der Waals surface area (Å²) in [5.41, 5.74) is 0.615. The normalized spacial score (nSPS) is 18.3. The minimum Gasteiger partial charge on any atom is -0.497 e. The molecule has 0 fully saturated rings. The Morgan fingerprint density at radius 2 is 1.83 bits per heavy atom. The molecule has 1 aliphatic rings. The van der Waals surface area contributed by atoms with Crippen molar-refractivity contribution in [1.82, 2.24) is 4.98 Å². The lowest BCUT2D eigenvalue weighted by Crippen LogP contribution is -2.54. The molecule has 0 radical (unpaired) electrons. The second-order valence-electron chi connectivity index (χ2n) is 7.22. The van der Waals surface area contributed by atoms with Crippen LogP contribution >= 0.6 is 23.2 Å². The summed E-state index contributed by atoms with van der Waals surface area (Å²) >= 11 is 12.7. The van der Waals surface area contributed by atoms with E-state index < -0.39 is 5.41 Å². The molecule has 4 rings (SSSR count). The molecule has 0 saturated heterocycles. The molecule has 152 valence electrons. The van der Waals surface area contributed by atoms with E-state index in [0.29, 0.717) is 22.0 Å². The molecular formula is C23H18Cl2N2O3. The van der Waals surface area contributed by atoms with Crippen LogP contribution in [0.4, 0.5) is 5.69 Å². The van der Waals surface area contributed by atoms with Crippen molar-refractivity contribution in [2.45, 2.75) is 18.9 Å². The summed E-state index contributed by atoms with van der Waals surface area (Å²) < 4.78 is 5.21. The van der Waals surface area contributed by atoms with Crippen LogP contribution in [0.2, 0.25) is 10.0 Å². The van der Waals surface area contributed by atoms with E-state index in [4.69, 9.17) is 27.9 Å². The van der Waals surface area contributed by atoms with E-state index in [-0.39, 0.29) is 28.8 Å². The molecule has 0 aliphatic carbocycles. The Balaban J connectivity index is 1.91. The maximum absolute atomic E-state index is 13.8. The van der Waals surface area contributed by atoms with Crippen LogP contribution in [0.1, 0.15) is 28.4 Å². The number of halogens is 2. The second-order valence-corrected chi connectivity index (χ2v) is 8.06. The van der Waals surface area contributed by atoms with Gasteiger partial charge in [-0.25, -0.2) is 0 Å². The number of hydrogen-bond donors (Lipinski definition) is 0. The number of ketones is 1. The summed E-state index contributed by atoms with van der Waals surface area (Å²) in [6.07, 6.45) is 3.34. The molecule has 0 saturated carbocycles. The van der Waals surface area contributed by atoms with Crippen molar-refractivity contribution < 1.29 is 14.3 Å². The van der Waals surface area contributed by atoms with Crippen LogP contribution in [0.25, 0.3) is 0 Å². The summed E-state index contributed by atoms with van der Waals surface area (Å²) in [6.45, 7) is 1.86. The fourth-order valence-electron chi connectivity index (χ4n) is 3.73. The quantitative estimate of drug-likeness (QED) is 0.530. The summed E-state index contributed by atoms with van der Waals surface area (Å²) in [7, 11) is 1.56. The smallest absolute Gasteiger partial charge is 0.245 e. The lowest BCUT2D eigenvalue weighted by atomic mass is 9.72. The van der Waals surface area contributed by atoms with Crippen LogP contribution in [-0.4, -0.2) is 23.8 Å². The molecule has 7 heteroatoms. The molecular weight excluding hydrogens is 423 g/mol. The van der Waals surface area contributed by atoms with Gasteiger partial charge in [0.05, 0.1) is 29.9 Å². The molecule has 1 atom stereocenters. The maximum Gasteiger partial charge on any atom is 0.245 e. The van der Waals surface area contributed by atoms with Crippen molar-refractivity contribution in [3.63, 3.8) is 0 Å². The first-order valence-corrected chi connectivity index (χ1v) is 10.0. The monoisotopic (exact) mass is 440 g/mol. The minimum absolute atomic E-state index is 0.214. The van der Waals surface area contributed by atoms with E-state index in [1.807, 2.05) is 6.07 Å². The Hall–Kier alpha value is -2.89. The number of aromatic nitrogens is 1. The Kier molecular flexibility index (Phi) is 5.26. The number of anilines is 1. The molecule has 1 aliphatic heterocycles. The summed E-state index contributed by atoms with van der Waals surface area (Å²) in [5.74, 6) is -0.0837. The number of rotatable bonds is 4. The van der Waals surface area contributed by atoms with Gasteiger partial charge in [-0.3, -0.25) is 14.6 Å². The SMILES string of the molecule is COc1ccc(C2(C)C(=O)c3c(Cl)cc(Cl)cc3N(Cc3cccnc3)C2=O)cc1. The minimum atomic E-state index is -1.45. The van der Waals surface area contributed by atoms with Gasteiger partial charge in [-0.05, 0) is 48.4 Å². The Bertz CT molecular complexity index is 1130. The molecule has 1 amide bonds. The van der Waals surface area contributed by atoms with Gasteiger partial charge in [-0.2, -0.15) is 0 Å². The van der Waals surface area contributed by atoms with Crippen molar-refractivity contribution >= 4 is 40.6 Å². The highest BCUT2D eigenvalue weighted by atomic mass is 35.5. The highest BCUT2D eigenvalue weighted by Gasteiger charge is 2.51. The number of benzene rings is 2. The molecule has 1 aromatic heterocycles. The van der Waals surface area contributed by atoms with Gasteiger partial charge >= 0.3 is 0 Å². The fraction of sp³-hybridized carbons (Fsp3) is 0.174. The van der Waals surface area contributed by atoms with Crippen molar-refractivity contribution in [2.24, 2.45) is 0 Å². The predicted molar refractivity (Wildman–Crippen MR) is 117 cm³/mol. The van der Waals surface area contributed by atoms with Gasteiger partial charge in [0.1, 0.15) is 11.2 Å². The van der Waals surface area contributed by atoms with Crippen LogP contribution in [-0.2, 0) is 16.8 Å². The molecule has 0 bridgehead atoms. The third-order valence-corrected chi connectivity index (χ3v) is 5.93. The summed E-state index contributed by atoms with van der Waals surface area (Å²) in [6, 6.07) is 13.7. The number of carbonyl (C=O) groups is 2. The molecule has 0 N–H and O–H groups in total. The standard InChI is InChI=1S/C23H18Cl2N2O3/c1-23(15-5-7-17(30-2)8-6-15)21(28)20-18(25)10-16(24)11-19(20)27(22(23)29)13-14-4-3-9-26-12-14/h3-12H,13H2,1-2H3. The second kappa shape index (κ2) is 7.74. The number of carbonyl (C=O) groups excluding carboxylic acids is 2. The number of hydrogen-bond acceptors (Lipinski definition) is 4. The Morgan fingerprint density at radius 3 is 2.47 bits per heavy atom. The topological polar surface area (TPSA) is 59.5 Å². The maximum atomic E-state index is 13.8. The van der Waals surface area contributed by atoms with Crippen molar-refractivity contribution in [2.75, 3.05) is 12.0 Å². The van der Waals surface area contributed by atoms with Gasteiger partial charge in [0.15, 0.2) is 5.78 Å². The van der Waals surface area contributed by atoms with E-state index in [9.17, 15) is 9.59 Å². The van der Waals surface area contributed by atoms with Gasteiger partial charge in [0, 0.05) is 17.4 Å². The fourth-order valence-corrected chi connectivity index (χ4v) is 4.30. The van der Waals surface area contributed by atoms with E-state index in [2.05, 4.69) is 4.98 Å². The zero-order chi connectivity index (χ0) is 21.5. The van der Waals surface area contributed by atoms with Gasteiger partial charge in [0.25, 0.3) is 0 Å². The lowest BCUT2D eigenvalue weighted by Gasteiger charge is -2.40. The van der Waals surface area contributed by atoms with Crippen LogP contribution in [0.15, 0.2) is 60.9 Å². The average molecular weight is 441 g/mol. The molecule has 1 unspecified atom stereocenters. The zero-order valence-corrected chi connectivity index (χ0v) is 17.9. The number of fused-ring (bicyclic) bond motifs is 1. The molecule has 2 heterocycles. The first-order valence-electron chi connectivity index (χ1n) is 9.25. The highest BCUT2D eigenvalue weighted by molar-refractivity contribution is 6.41. The molecule has 5 nitrogen and oxygen atoms in total. The average Bonchev–Trinajstić information content (AvgIpc) is 2.75. The van der Waals surface area contributed by atoms with Crippen LogP contribution < -0.4 is 9.64 Å². The number of amides is 1. The Morgan fingerprint density at radius 1 is 1.10 bits per heavy atom. The highest BCUT2D eigenvalue weighted by Crippen LogP contribution is 2.44. The van der Waals surface area contributed by atoms with Gasteiger partial charge in [-0.1, -0.05) is 41.4 Å². The molecule has 30 heavy (non-hydrogen) atoms. The van der Waals surface area contributed by atoms with Gasteiger partial charge in [0.2, 0.25) is 5.91 Å². The number of methoxy groups -OCH3 is 1. The molecule has 0 spiro atoms. The third-order valence-electron chi connectivity index (χ3n) is 5.41. The third kappa shape index (κ3) is 3.24. The predicted octanol–water partition coefficient (Wildman–Crippen LogP) is 5.08. The van der Waals surface area contributed by atoms with Crippen molar-refractivity contribution in [1.29, 1.82) is 0 Å². The van der Waals surface area contributed by atoms with E-state index >= 15 is 0 Å². The van der Waals surface area contributed by atoms with E-state index in [1.54, 1.807) is 67.7 Å². The lowest BCUT2D eigenvalue weighted by molar-refractivity contribution is -0.122. The van der Waals surface area contributed by atoms with Gasteiger partial charge < -0.3 is 9.64 Å². The first kappa shape index (κ1) is 20.4. The largest absolute Gasteiger partial charge is 0.497 e. The zero-order valence-electron chi connectivity index (χ0n) is 16.4. The Labute approximate surface area is 184 Å². The van der Waals surface area contributed by atoms with Gasteiger partial charge in [-0.15, -0.1) is 0 Å². The molecule has 2 aromatic carbocycles. The van der Waals surface area contributed by atoms with Crippen molar-refractivity contribution in [3.05, 3.63) is 87.7 Å². The summed E-state index contributed by atoms with van der Waals surface area (Å²) in [5, 5.41) is 0.564.